The average Bonchev–Trinajstić information content (AvgIpc) is 2.74. The minimum atomic E-state index is -0.357. The molecule has 1 aliphatic heterocycles. The molecular formula is C21H23NO6. The topological polar surface area (TPSA) is 82.1 Å². The Balaban J connectivity index is 1.78. The smallest absolute Gasteiger partial charge is 0.254 e. The summed E-state index contributed by atoms with van der Waals surface area (Å²) in [5.41, 5.74) is 2.12. The largest absolute Gasteiger partial charge is 0.489 e. The molecule has 7 nitrogen and oxygen atoms in total. The second kappa shape index (κ2) is 8.39. The van der Waals surface area contributed by atoms with Gasteiger partial charge in [-0.1, -0.05) is 12.1 Å². The first-order valence-corrected chi connectivity index (χ1v) is 9.05. The van der Waals surface area contributed by atoms with Crippen LogP contribution in [0.2, 0.25) is 0 Å². The van der Waals surface area contributed by atoms with Gasteiger partial charge in [-0.3, -0.25) is 14.4 Å². The van der Waals surface area contributed by atoms with Gasteiger partial charge in [0.05, 0.1) is 27.4 Å². The van der Waals surface area contributed by atoms with Gasteiger partial charge >= 0.3 is 0 Å². The van der Waals surface area contributed by atoms with Gasteiger partial charge in [0.1, 0.15) is 0 Å². The molecular weight excluding hydrogens is 362 g/mol. The van der Waals surface area contributed by atoms with E-state index < -0.39 is 0 Å². The summed E-state index contributed by atoms with van der Waals surface area (Å²) >= 11 is 0. The van der Waals surface area contributed by atoms with Gasteiger partial charge in [-0.05, 0) is 24.6 Å². The molecule has 1 aliphatic carbocycles. The standard InChI is InChI=1S/C21H23NO6/c1-13-16(18(24)20(27-3)19(26-2)17(13)23)12-14-4-6-15(7-5-14)21(25)22-8-10-28-11-9-22/h4-7H,8-12H2,1-3H3. The van der Waals surface area contributed by atoms with E-state index in [1.807, 2.05) is 0 Å². The van der Waals surface area contributed by atoms with Crippen LogP contribution in [0.4, 0.5) is 0 Å². The van der Waals surface area contributed by atoms with Crippen molar-refractivity contribution in [1.29, 1.82) is 0 Å². The Morgan fingerprint density at radius 1 is 1.00 bits per heavy atom. The van der Waals surface area contributed by atoms with Crippen molar-refractivity contribution in [1.82, 2.24) is 4.90 Å². The zero-order chi connectivity index (χ0) is 20.3. The maximum Gasteiger partial charge on any atom is 0.254 e. The van der Waals surface area contributed by atoms with Gasteiger partial charge in [-0.25, -0.2) is 0 Å². The third kappa shape index (κ3) is 3.71. The molecule has 1 fully saturated rings. The second-order valence-corrected chi connectivity index (χ2v) is 6.61. The Kier molecular flexibility index (Phi) is 5.94. The van der Waals surface area contributed by atoms with Gasteiger partial charge in [0.2, 0.25) is 23.1 Å². The molecule has 28 heavy (non-hydrogen) atoms. The fourth-order valence-electron chi connectivity index (χ4n) is 3.32. The van der Waals surface area contributed by atoms with Gasteiger partial charge in [0.25, 0.3) is 5.91 Å². The Morgan fingerprint density at radius 3 is 2.14 bits per heavy atom. The fraction of sp³-hybridized carbons (Fsp3) is 0.381. The molecule has 0 aromatic heterocycles. The summed E-state index contributed by atoms with van der Waals surface area (Å²) in [4.78, 5) is 39.5. The quantitative estimate of drug-likeness (QED) is 0.717. The van der Waals surface area contributed by atoms with Crippen LogP contribution in [0.3, 0.4) is 0 Å². The van der Waals surface area contributed by atoms with Gasteiger partial charge in [0, 0.05) is 36.2 Å². The minimum absolute atomic E-state index is 0.0384. The van der Waals surface area contributed by atoms with Crippen LogP contribution in [0, 0.1) is 0 Å². The highest BCUT2D eigenvalue weighted by Crippen LogP contribution is 2.28. The molecule has 2 aliphatic rings. The summed E-state index contributed by atoms with van der Waals surface area (Å²) in [6, 6.07) is 7.08. The number of carbonyl (C=O) groups excluding carboxylic acids is 3. The van der Waals surface area contributed by atoms with Crippen molar-refractivity contribution in [2.45, 2.75) is 13.3 Å². The lowest BCUT2D eigenvalue weighted by Crippen LogP contribution is -2.40. The predicted molar refractivity (Wildman–Crippen MR) is 101 cm³/mol. The predicted octanol–water partition coefficient (Wildman–Crippen LogP) is 1.67. The maximum absolute atomic E-state index is 12.7. The number of carbonyl (C=O) groups is 3. The lowest BCUT2D eigenvalue weighted by molar-refractivity contribution is -0.121. The monoisotopic (exact) mass is 385 g/mol. The molecule has 0 radical (unpaired) electrons. The number of hydrogen-bond donors (Lipinski definition) is 0. The third-order valence-electron chi connectivity index (χ3n) is 4.97. The maximum atomic E-state index is 12.7. The van der Waals surface area contributed by atoms with Gasteiger partial charge < -0.3 is 19.1 Å². The molecule has 3 rings (SSSR count). The number of Topliss-reactive ketones (excluding diaryl/α,β-unsaturated/α-hetero) is 2. The Labute approximate surface area is 163 Å². The minimum Gasteiger partial charge on any atom is -0.489 e. The molecule has 1 saturated heterocycles. The SMILES string of the molecule is COC1=C(OC)C(=O)C(Cc2ccc(C(=O)N3CCOCC3)cc2)=C(C)C1=O. The van der Waals surface area contributed by atoms with Crippen LogP contribution in [0.15, 0.2) is 46.9 Å². The summed E-state index contributed by atoms with van der Waals surface area (Å²) in [7, 11) is 2.67. The van der Waals surface area contributed by atoms with E-state index in [0.29, 0.717) is 43.0 Å². The zero-order valence-electron chi connectivity index (χ0n) is 16.2. The van der Waals surface area contributed by atoms with Crippen LogP contribution >= 0.6 is 0 Å². The van der Waals surface area contributed by atoms with Crippen molar-refractivity contribution in [3.63, 3.8) is 0 Å². The van der Waals surface area contributed by atoms with E-state index in [0.717, 1.165) is 5.56 Å². The van der Waals surface area contributed by atoms with Crippen LogP contribution in [0.5, 0.6) is 0 Å². The van der Waals surface area contributed by atoms with E-state index >= 15 is 0 Å². The summed E-state index contributed by atoms with van der Waals surface area (Å²) in [5, 5.41) is 0. The summed E-state index contributed by atoms with van der Waals surface area (Å²) in [5.74, 6) is -0.895. The van der Waals surface area contributed by atoms with E-state index in [-0.39, 0.29) is 35.4 Å². The average molecular weight is 385 g/mol. The molecule has 0 unspecified atom stereocenters. The van der Waals surface area contributed by atoms with E-state index in [1.54, 1.807) is 36.1 Å². The van der Waals surface area contributed by atoms with Crippen LogP contribution in [-0.2, 0) is 30.2 Å². The van der Waals surface area contributed by atoms with Gasteiger partial charge in [0.15, 0.2) is 0 Å². The summed E-state index contributed by atoms with van der Waals surface area (Å²) < 4.78 is 15.4. The molecule has 148 valence electrons. The molecule has 7 heteroatoms. The molecule has 1 amide bonds. The van der Waals surface area contributed by atoms with Crippen molar-refractivity contribution < 1.29 is 28.6 Å². The highest BCUT2D eigenvalue weighted by molar-refractivity contribution is 6.23. The number of hydrogen-bond acceptors (Lipinski definition) is 6. The molecule has 0 atom stereocenters. The highest BCUT2D eigenvalue weighted by Gasteiger charge is 2.34. The lowest BCUT2D eigenvalue weighted by atomic mass is 9.88. The van der Waals surface area contributed by atoms with Crippen LogP contribution in [0.25, 0.3) is 0 Å². The first-order valence-electron chi connectivity index (χ1n) is 9.05. The molecule has 0 N–H and O–H groups in total. The number of methoxy groups -OCH3 is 2. The fourth-order valence-corrected chi connectivity index (χ4v) is 3.32. The van der Waals surface area contributed by atoms with Crippen molar-refractivity contribution >= 4 is 17.5 Å². The van der Waals surface area contributed by atoms with Crippen LogP contribution in [-0.4, -0.2) is 62.9 Å². The Morgan fingerprint density at radius 2 is 1.57 bits per heavy atom. The zero-order valence-corrected chi connectivity index (χ0v) is 16.2. The molecule has 1 aromatic rings. The van der Waals surface area contributed by atoms with Crippen LogP contribution < -0.4 is 0 Å². The summed E-state index contributed by atoms with van der Waals surface area (Å²) in [6.07, 6.45) is 0.270. The Hall–Kier alpha value is -2.93. The Bertz CT molecular complexity index is 859. The van der Waals surface area contributed by atoms with E-state index in [4.69, 9.17) is 14.2 Å². The van der Waals surface area contributed by atoms with Crippen molar-refractivity contribution in [2.75, 3.05) is 40.5 Å². The number of benzene rings is 1. The van der Waals surface area contributed by atoms with Crippen molar-refractivity contribution in [2.24, 2.45) is 0 Å². The summed E-state index contributed by atoms with van der Waals surface area (Å²) in [6.45, 7) is 3.87. The van der Waals surface area contributed by atoms with Crippen LogP contribution in [0.1, 0.15) is 22.8 Å². The second-order valence-electron chi connectivity index (χ2n) is 6.61. The number of allylic oxidation sites excluding steroid dienone is 2. The van der Waals surface area contributed by atoms with Crippen molar-refractivity contribution in [3.8, 4) is 0 Å². The van der Waals surface area contributed by atoms with E-state index in [9.17, 15) is 14.4 Å². The van der Waals surface area contributed by atoms with E-state index in [2.05, 4.69) is 0 Å². The number of rotatable bonds is 5. The number of morpholine rings is 1. The number of ether oxygens (including phenoxy) is 3. The molecule has 0 saturated carbocycles. The molecule has 1 aromatic carbocycles. The highest BCUT2D eigenvalue weighted by atomic mass is 16.5. The number of ketones is 2. The molecule has 0 bridgehead atoms. The number of nitrogens with zero attached hydrogens (tertiary/aromatic N) is 1. The first kappa shape index (κ1) is 19.8. The molecule has 0 spiro atoms. The lowest BCUT2D eigenvalue weighted by Gasteiger charge is -2.27. The first-order chi connectivity index (χ1) is 13.5. The van der Waals surface area contributed by atoms with Gasteiger partial charge in [-0.15, -0.1) is 0 Å². The van der Waals surface area contributed by atoms with Crippen molar-refractivity contribution in [3.05, 3.63) is 58.1 Å². The third-order valence-corrected chi connectivity index (χ3v) is 4.97. The van der Waals surface area contributed by atoms with E-state index in [1.165, 1.54) is 14.2 Å². The van der Waals surface area contributed by atoms with Gasteiger partial charge in [-0.2, -0.15) is 0 Å². The normalized spacial score (nSPS) is 17.9. The molecule has 1 heterocycles. The number of amides is 1.